The Balaban J connectivity index is 1.54. The van der Waals surface area contributed by atoms with Crippen molar-refractivity contribution in [2.75, 3.05) is 26.2 Å². The van der Waals surface area contributed by atoms with Gasteiger partial charge in [0.05, 0.1) is 0 Å². The van der Waals surface area contributed by atoms with Crippen LogP contribution in [-0.4, -0.2) is 34.8 Å². The lowest BCUT2D eigenvalue weighted by Gasteiger charge is -2.33. The fourth-order valence-electron chi connectivity index (χ4n) is 0.818. The van der Waals surface area contributed by atoms with Gasteiger partial charge in [-0.05, 0) is 12.8 Å². The maximum atomic E-state index is 2.42. The van der Waals surface area contributed by atoms with E-state index in [0.29, 0.717) is 0 Å². The molecule has 2 fully saturated rings. The summed E-state index contributed by atoms with van der Waals surface area (Å²) in [7, 11) is 3.85. The van der Waals surface area contributed by atoms with Gasteiger partial charge in [-0.25, -0.2) is 8.61 Å². The molecule has 0 bridgehead atoms. The molecule has 2 aliphatic heterocycles. The Labute approximate surface area is 70.0 Å². The van der Waals surface area contributed by atoms with E-state index in [9.17, 15) is 0 Å². The van der Waals surface area contributed by atoms with Crippen molar-refractivity contribution in [3.63, 3.8) is 0 Å². The lowest BCUT2D eigenvalue weighted by molar-refractivity contribution is 0.339. The zero-order valence-electron chi connectivity index (χ0n) is 5.95. The van der Waals surface area contributed by atoms with Crippen molar-refractivity contribution in [2.24, 2.45) is 0 Å². The maximum absolute atomic E-state index is 2.42. The molecule has 0 aliphatic carbocycles. The zero-order chi connectivity index (χ0) is 6.81. The summed E-state index contributed by atoms with van der Waals surface area (Å²) in [5.41, 5.74) is 0. The molecule has 0 spiro atoms. The molecular formula is C6H12N2S2. The van der Waals surface area contributed by atoms with E-state index >= 15 is 0 Å². The van der Waals surface area contributed by atoms with E-state index in [1.165, 1.54) is 39.0 Å². The van der Waals surface area contributed by atoms with Gasteiger partial charge in [0.2, 0.25) is 0 Å². The third-order valence-electron chi connectivity index (χ3n) is 1.87. The smallest absolute Gasteiger partial charge is 0.0110 e. The average Bonchev–Trinajstić information content (AvgIpc) is 1.70. The Hall–Kier alpha value is 0.620. The zero-order valence-corrected chi connectivity index (χ0v) is 7.59. The first-order valence-corrected chi connectivity index (χ1v) is 5.86. The highest BCUT2D eigenvalue weighted by Gasteiger charge is 2.19. The Kier molecular flexibility index (Phi) is 2.43. The minimum Gasteiger partial charge on any atom is -0.240 e. The average molecular weight is 176 g/mol. The first-order chi connectivity index (χ1) is 4.95. The van der Waals surface area contributed by atoms with Crippen LogP contribution in [0.15, 0.2) is 0 Å². The van der Waals surface area contributed by atoms with Crippen LogP contribution in [0.4, 0.5) is 0 Å². The summed E-state index contributed by atoms with van der Waals surface area (Å²) in [4.78, 5) is 0. The molecule has 0 radical (unpaired) electrons. The van der Waals surface area contributed by atoms with Crippen LogP contribution in [0.5, 0.6) is 0 Å². The monoisotopic (exact) mass is 176 g/mol. The first kappa shape index (κ1) is 7.28. The number of hydrogen-bond acceptors (Lipinski definition) is 4. The van der Waals surface area contributed by atoms with Gasteiger partial charge in [0.15, 0.2) is 0 Å². The fraction of sp³-hybridized carbons (Fsp3) is 1.00. The van der Waals surface area contributed by atoms with Crippen LogP contribution in [0.1, 0.15) is 12.8 Å². The van der Waals surface area contributed by atoms with Gasteiger partial charge in [-0.1, -0.05) is 0 Å². The van der Waals surface area contributed by atoms with Crippen LogP contribution in [0.2, 0.25) is 0 Å². The highest BCUT2D eigenvalue weighted by Crippen LogP contribution is 2.35. The second kappa shape index (κ2) is 3.34. The van der Waals surface area contributed by atoms with E-state index < -0.39 is 0 Å². The van der Waals surface area contributed by atoms with Gasteiger partial charge in [0.25, 0.3) is 0 Å². The van der Waals surface area contributed by atoms with Crippen molar-refractivity contribution in [1.29, 1.82) is 0 Å². The van der Waals surface area contributed by atoms with Crippen molar-refractivity contribution in [2.45, 2.75) is 12.8 Å². The summed E-state index contributed by atoms with van der Waals surface area (Å²) in [6.07, 6.45) is 2.79. The molecule has 0 atom stereocenters. The molecule has 0 aromatic rings. The van der Waals surface area contributed by atoms with Gasteiger partial charge >= 0.3 is 0 Å². The van der Waals surface area contributed by atoms with Crippen LogP contribution in [0.3, 0.4) is 0 Å². The lowest BCUT2D eigenvalue weighted by atomic mass is 10.3. The van der Waals surface area contributed by atoms with Crippen molar-refractivity contribution >= 4 is 22.0 Å². The molecule has 0 unspecified atom stereocenters. The summed E-state index contributed by atoms with van der Waals surface area (Å²) >= 11 is 0. The van der Waals surface area contributed by atoms with E-state index in [4.69, 9.17) is 0 Å². The molecule has 2 aliphatic rings. The molecule has 0 aromatic heterocycles. The summed E-state index contributed by atoms with van der Waals surface area (Å²) in [5, 5.41) is 0. The minimum absolute atomic E-state index is 1.30. The van der Waals surface area contributed by atoms with Crippen LogP contribution in [0, 0.1) is 0 Å². The molecular weight excluding hydrogens is 164 g/mol. The molecule has 58 valence electrons. The van der Waals surface area contributed by atoms with Crippen molar-refractivity contribution in [3.05, 3.63) is 0 Å². The van der Waals surface area contributed by atoms with E-state index in [1.807, 2.05) is 22.0 Å². The lowest BCUT2D eigenvalue weighted by Crippen LogP contribution is -2.33. The number of nitrogens with zero attached hydrogens (tertiary/aromatic N) is 2. The molecule has 2 rings (SSSR count). The fourth-order valence-corrected chi connectivity index (χ4v) is 3.28. The van der Waals surface area contributed by atoms with Crippen LogP contribution in [-0.2, 0) is 0 Å². The molecule has 0 N–H and O–H groups in total. The molecule has 2 nitrogen and oxygen atoms in total. The Morgan fingerprint density at radius 3 is 1.30 bits per heavy atom. The van der Waals surface area contributed by atoms with Crippen LogP contribution in [0.25, 0.3) is 0 Å². The molecule has 4 heteroatoms. The highest BCUT2D eigenvalue weighted by molar-refractivity contribution is 8.74. The number of rotatable bonds is 3. The van der Waals surface area contributed by atoms with Crippen LogP contribution < -0.4 is 0 Å². The summed E-state index contributed by atoms with van der Waals surface area (Å²) in [6.45, 7) is 5.19. The van der Waals surface area contributed by atoms with Gasteiger partial charge in [0.1, 0.15) is 0 Å². The molecule has 0 saturated carbocycles. The quantitative estimate of drug-likeness (QED) is 0.476. The molecule has 2 saturated heterocycles. The largest absolute Gasteiger partial charge is 0.240 e. The van der Waals surface area contributed by atoms with E-state index in [1.54, 1.807) is 0 Å². The molecule has 10 heavy (non-hydrogen) atoms. The van der Waals surface area contributed by atoms with Crippen molar-refractivity contribution in [1.82, 2.24) is 8.61 Å². The summed E-state index contributed by atoms with van der Waals surface area (Å²) < 4.78 is 4.84. The van der Waals surface area contributed by atoms with Gasteiger partial charge in [0, 0.05) is 48.1 Å². The van der Waals surface area contributed by atoms with Gasteiger partial charge in [-0.3, -0.25) is 0 Å². The summed E-state index contributed by atoms with van der Waals surface area (Å²) in [5.74, 6) is 0. The first-order valence-electron chi connectivity index (χ1n) is 3.80. The predicted octanol–water partition coefficient (Wildman–Crippen LogP) is 1.61. The van der Waals surface area contributed by atoms with Crippen molar-refractivity contribution in [3.8, 4) is 0 Å². The van der Waals surface area contributed by atoms with Gasteiger partial charge in [-0.2, -0.15) is 0 Å². The van der Waals surface area contributed by atoms with Gasteiger partial charge in [-0.15, -0.1) is 0 Å². The third-order valence-corrected chi connectivity index (χ3v) is 4.56. The standard InChI is InChI=1S/C6H12N2S2/c1-3-7(4-1)9-10-8-5-2-6-8/h1-6H2. The Morgan fingerprint density at radius 1 is 0.700 bits per heavy atom. The Morgan fingerprint density at radius 2 is 1.10 bits per heavy atom. The highest BCUT2D eigenvalue weighted by atomic mass is 33.1. The normalized spacial score (nSPS) is 27.6. The minimum atomic E-state index is 1.30. The molecule has 0 aromatic carbocycles. The van der Waals surface area contributed by atoms with E-state index in [2.05, 4.69) is 8.61 Å². The third kappa shape index (κ3) is 1.61. The summed E-state index contributed by atoms with van der Waals surface area (Å²) in [6, 6.07) is 0. The topological polar surface area (TPSA) is 6.48 Å². The van der Waals surface area contributed by atoms with Crippen LogP contribution >= 0.6 is 22.0 Å². The maximum Gasteiger partial charge on any atom is 0.0110 e. The Bertz CT molecular complexity index is 98.3. The molecule has 0 amide bonds. The van der Waals surface area contributed by atoms with E-state index in [-0.39, 0.29) is 0 Å². The SMILES string of the molecule is C1CN(SSN2CCC2)C1. The van der Waals surface area contributed by atoms with Gasteiger partial charge < -0.3 is 0 Å². The van der Waals surface area contributed by atoms with E-state index in [0.717, 1.165) is 0 Å². The second-order valence-electron chi connectivity index (χ2n) is 2.71. The predicted molar refractivity (Wildman–Crippen MR) is 47.6 cm³/mol. The second-order valence-corrected chi connectivity index (χ2v) is 4.94. The van der Waals surface area contributed by atoms with Crippen molar-refractivity contribution < 1.29 is 0 Å². The number of hydrogen-bond donors (Lipinski definition) is 0. The molecule has 2 heterocycles.